The Morgan fingerprint density at radius 2 is 2.00 bits per heavy atom. The van der Waals surface area contributed by atoms with E-state index in [4.69, 9.17) is 21.1 Å². The van der Waals surface area contributed by atoms with E-state index >= 15 is 0 Å². The number of rotatable bonds is 5. The van der Waals surface area contributed by atoms with Crippen LogP contribution in [0.25, 0.3) is 0 Å². The summed E-state index contributed by atoms with van der Waals surface area (Å²) in [6, 6.07) is 7.56. The second-order valence-corrected chi connectivity index (χ2v) is 4.64. The molecule has 0 aliphatic heterocycles. The second-order valence-electron chi connectivity index (χ2n) is 4.20. The SMILES string of the molecule is CCOC1C(O)CC1OCc1ccc(Cl)cc1. The Kier molecular flexibility index (Phi) is 4.40. The van der Waals surface area contributed by atoms with Gasteiger partial charge in [-0.3, -0.25) is 0 Å². The molecule has 1 aliphatic carbocycles. The zero-order chi connectivity index (χ0) is 12.3. The normalized spacial score (nSPS) is 27.8. The summed E-state index contributed by atoms with van der Waals surface area (Å²) in [5, 5.41) is 10.2. The highest BCUT2D eigenvalue weighted by Crippen LogP contribution is 2.28. The molecule has 0 heterocycles. The molecule has 2 rings (SSSR count). The third kappa shape index (κ3) is 3.19. The minimum Gasteiger partial charge on any atom is -0.390 e. The van der Waals surface area contributed by atoms with Crippen LogP contribution >= 0.6 is 11.6 Å². The van der Waals surface area contributed by atoms with Gasteiger partial charge in [-0.25, -0.2) is 0 Å². The Hall–Kier alpha value is -0.610. The lowest BCUT2D eigenvalue weighted by atomic mass is 9.88. The lowest BCUT2D eigenvalue weighted by Gasteiger charge is -2.40. The van der Waals surface area contributed by atoms with Crippen LogP contribution in [-0.2, 0) is 16.1 Å². The first-order chi connectivity index (χ1) is 8.20. The number of benzene rings is 1. The minimum atomic E-state index is -0.384. The van der Waals surface area contributed by atoms with Gasteiger partial charge in [0.15, 0.2) is 0 Å². The van der Waals surface area contributed by atoms with Gasteiger partial charge in [-0.15, -0.1) is 0 Å². The summed E-state index contributed by atoms with van der Waals surface area (Å²) in [6.45, 7) is 3.04. The van der Waals surface area contributed by atoms with Gasteiger partial charge in [0, 0.05) is 18.1 Å². The molecule has 0 bridgehead atoms. The predicted molar refractivity (Wildman–Crippen MR) is 66.1 cm³/mol. The fraction of sp³-hybridized carbons (Fsp3) is 0.538. The zero-order valence-corrected chi connectivity index (χ0v) is 10.6. The first-order valence-corrected chi connectivity index (χ1v) is 6.24. The fourth-order valence-corrected chi connectivity index (χ4v) is 2.04. The minimum absolute atomic E-state index is 0.000582. The summed E-state index contributed by atoms with van der Waals surface area (Å²) in [5.74, 6) is 0. The highest BCUT2D eigenvalue weighted by molar-refractivity contribution is 6.30. The van der Waals surface area contributed by atoms with E-state index in [-0.39, 0.29) is 18.3 Å². The van der Waals surface area contributed by atoms with Crippen molar-refractivity contribution in [1.82, 2.24) is 0 Å². The standard InChI is InChI=1S/C13H17ClO3/c1-2-16-13-11(15)7-12(13)17-8-9-3-5-10(14)6-4-9/h3-6,11-13,15H,2,7-8H2,1H3. The van der Waals surface area contributed by atoms with E-state index in [1.807, 2.05) is 31.2 Å². The predicted octanol–water partition coefficient (Wildman–Crippen LogP) is 2.39. The Morgan fingerprint density at radius 1 is 1.29 bits per heavy atom. The van der Waals surface area contributed by atoms with Crippen LogP contribution in [0.1, 0.15) is 18.9 Å². The number of ether oxygens (including phenoxy) is 2. The quantitative estimate of drug-likeness (QED) is 0.879. The molecule has 1 N–H and O–H groups in total. The topological polar surface area (TPSA) is 38.7 Å². The van der Waals surface area contributed by atoms with Gasteiger partial charge in [-0.1, -0.05) is 23.7 Å². The van der Waals surface area contributed by atoms with Crippen molar-refractivity contribution in [2.24, 2.45) is 0 Å². The van der Waals surface area contributed by atoms with Crippen molar-refractivity contribution in [3.63, 3.8) is 0 Å². The van der Waals surface area contributed by atoms with Crippen molar-refractivity contribution in [3.05, 3.63) is 34.9 Å². The molecule has 0 radical (unpaired) electrons. The largest absolute Gasteiger partial charge is 0.390 e. The molecular weight excluding hydrogens is 240 g/mol. The van der Waals surface area contributed by atoms with E-state index in [1.54, 1.807) is 0 Å². The highest BCUT2D eigenvalue weighted by Gasteiger charge is 2.41. The van der Waals surface area contributed by atoms with Gasteiger partial charge in [-0.2, -0.15) is 0 Å². The first-order valence-electron chi connectivity index (χ1n) is 5.86. The number of aliphatic hydroxyl groups excluding tert-OH is 1. The molecule has 0 amide bonds. The van der Waals surface area contributed by atoms with E-state index in [0.717, 1.165) is 10.6 Å². The fourth-order valence-electron chi connectivity index (χ4n) is 1.92. The Balaban J connectivity index is 1.80. The van der Waals surface area contributed by atoms with E-state index in [9.17, 15) is 5.11 Å². The summed E-state index contributed by atoms with van der Waals surface area (Å²) < 4.78 is 11.1. The number of hydrogen-bond acceptors (Lipinski definition) is 3. The van der Waals surface area contributed by atoms with Crippen LogP contribution in [0.2, 0.25) is 5.02 Å². The maximum atomic E-state index is 9.52. The van der Waals surface area contributed by atoms with Crippen molar-refractivity contribution in [1.29, 1.82) is 0 Å². The van der Waals surface area contributed by atoms with Crippen LogP contribution in [0.15, 0.2) is 24.3 Å². The zero-order valence-electron chi connectivity index (χ0n) is 9.80. The van der Waals surface area contributed by atoms with Crippen molar-refractivity contribution in [2.45, 2.75) is 38.3 Å². The van der Waals surface area contributed by atoms with Crippen molar-refractivity contribution in [2.75, 3.05) is 6.61 Å². The molecule has 1 aliphatic rings. The lowest BCUT2D eigenvalue weighted by molar-refractivity contribution is -0.194. The average molecular weight is 257 g/mol. The van der Waals surface area contributed by atoms with Gasteiger partial charge in [0.25, 0.3) is 0 Å². The molecule has 0 saturated heterocycles. The van der Waals surface area contributed by atoms with Crippen molar-refractivity contribution >= 4 is 11.6 Å². The van der Waals surface area contributed by atoms with Gasteiger partial charge < -0.3 is 14.6 Å². The third-order valence-electron chi connectivity index (χ3n) is 2.96. The number of halogens is 1. The summed E-state index contributed by atoms with van der Waals surface area (Å²) in [5.41, 5.74) is 1.08. The highest BCUT2D eigenvalue weighted by atomic mass is 35.5. The molecule has 17 heavy (non-hydrogen) atoms. The number of hydrogen-bond donors (Lipinski definition) is 1. The van der Waals surface area contributed by atoms with Crippen molar-refractivity contribution < 1.29 is 14.6 Å². The van der Waals surface area contributed by atoms with Gasteiger partial charge in [-0.05, 0) is 24.6 Å². The molecule has 0 aromatic heterocycles. The monoisotopic (exact) mass is 256 g/mol. The van der Waals surface area contributed by atoms with E-state index in [1.165, 1.54) is 0 Å². The van der Waals surface area contributed by atoms with Crippen LogP contribution in [-0.4, -0.2) is 30.0 Å². The summed E-state index contributed by atoms with van der Waals surface area (Å²) in [4.78, 5) is 0. The van der Waals surface area contributed by atoms with E-state index in [0.29, 0.717) is 19.6 Å². The lowest BCUT2D eigenvalue weighted by Crippen LogP contribution is -2.53. The van der Waals surface area contributed by atoms with E-state index in [2.05, 4.69) is 0 Å². The molecule has 3 unspecified atom stereocenters. The Bertz CT molecular complexity index is 352. The van der Waals surface area contributed by atoms with Crippen LogP contribution in [0.4, 0.5) is 0 Å². The van der Waals surface area contributed by atoms with E-state index < -0.39 is 0 Å². The molecule has 94 valence electrons. The third-order valence-corrected chi connectivity index (χ3v) is 3.21. The van der Waals surface area contributed by atoms with Gasteiger partial charge >= 0.3 is 0 Å². The van der Waals surface area contributed by atoms with Crippen LogP contribution in [0.3, 0.4) is 0 Å². The molecule has 1 aromatic rings. The van der Waals surface area contributed by atoms with Crippen LogP contribution in [0, 0.1) is 0 Å². The van der Waals surface area contributed by atoms with Crippen LogP contribution in [0.5, 0.6) is 0 Å². The second kappa shape index (κ2) is 5.83. The molecule has 0 spiro atoms. The maximum Gasteiger partial charge on any atom is 0.110 e. The Morgan fingerprint density at radius 3 is 2.59 bits per heavy atom. The average Bonchev–Trinajstić information content (AvgIpc) is 2.33. The summed E-state index contributed by atoms with van der Waals surface area (Å²) in [7, 11) is 0. The molecule has 3 nitrogen and oxygen atoms in total. The maximum absolute atomic E-state index is 9.52. The molecule has 1 fully saturated rings. The van der Waals surface area contributed by atoms with Gasteiger partial charge in [0.05, 0.1) is 18.8 Å². The summed E-state index contributed by atoms with van der Waals surface area (Å²) >= 11 is 5.80. The molecule has 1 aromatic carbocycles. The van der Waals surface area contributed by atoms with Gasteiger partial charge in [0.1, 0.15) is 6.10 Å². The first kappa shape index (κ1) is 12.8. The molecule has 1 saturated carbocycles. The smallest absolute Gasteiger partial charge is 0.110 e. The molecule has 4 heteroatoms. The van der Waals surface area contributed by atoms with Crippen LogP contribution < -0.4 is 0 Å². The van der Waals surface area contributed by atoms with Crippen molar-refractivity contribution in [3.8, 4) is 0 Å². The Labute approximate surface area is 106 Å². The van der Waals surface area contributed by atoms with Gasteiger partial charge in [0.2, 0.25) is 0 Å². The molecule has 3 atom stereocenters. The number of aliphatic hydroxyl groups is 1. The molecular formula is C13H17ClO3. The summed E-state index contributed by atoms with van der Waals surface area (Å²) in [6.07, 6.45) is 0.0937.